The summed E-state index contributed by atoms with van der Waals surface area (Å²) in [6.45, 7) is 1.85. The molecule has 0 aromatic carbocycles. The maximum Gasteiger partial charge on any atom is 0.250 e. The number of rotatable bonds is 8. The van der Waals surface area contributed by atoms with Crippen LogP contribution in [0, 0.1) is 0 Å². The molecule has 0 bridgehead atoms. The molecule has 2 N–H and O–H groups in total. The second-order valence-corrected chi connectivity index (χ2v) is 9.61. The minimum Gasteiger partial charge on any atom is -0.474 e. The summed E-state index contributed by atoms with van der Waals surface area (Å²) in [7, 11) is -3.65. The van der Waals surface area contributed by atoms with Crippen molar-refractivity contribution in [3.63, 3.8) is 0 Å². The first-order valence-electron chi connectivity index (χ1n) is 8.87. The molecule has 0 radical (unpaired) electrons. The van der Waals surface area contributed by atoms with E-state index in [9.17, 15) is 13.2 Å². The lowest BCUT2D eigenvalue weighted by atomic mass is 10.2. The van der Waals surface area contributed by atoms with Crippen LogP contribution in [-0.2, 0) is 27.9 Å². The summed E-state index contributed by atoms with van der Waals surface area (Å²) in [5.41, 5.74) is 0.711. The van der Waals surface area contributed by atoms with Gasteiger partial charge in [-0.15, -0.1) is 11.3 Å². The number of pyridine rings is 1. The van der Waals surface area contributed by atoms with Gasteiger partial charge in [-0.1, -0.05) is 6.07 Å². The van der Waals surface area contributed by atoms with E-state index in [-0.39, 0.29) is 22.8 Å². The molecule has 0 aliphatic heterocycles. The normalized spacial score (nSPS) is 15.0. The van der Waals surface area contributed by atoms with Crippen molar-refractivity contribution in [2.24, 2.45) is 0 Å². The molecule has 2 aromatic rings. The predicted molar refractivity (Wildman–Crippen MR) is 103 cm³/mol. The van der Waals surface area contributed by atoms with Crippen LogP contribution in [0.15, 0.2) is 34.7 Å². The SMILES string of the molecule is CC(=O)NCc1ccc(S(=O)(=O)NCc2cccnc2OC2CCCC2)s1. The molecular formula is C18H23N3O4S2. The Labute approximate surface area is 163 Å². The third-order valence-corrected chi connectivity index (χ3v) is 7.27. The zero-order chi connectivity index (χ0) is 19.3. The van der Waals surface area contributed by atoms with Crippen molar-refractivity contribution in [1.29, 1.82) is 0 Å². The number of nitrogens with zero attached hydrogens (tertiary/aromatic N) is 1. The molecule has 3 rings (SSSR count). The third kappa shape index (κ3) is 5.50. The Morgan fingerprint density at radius 2 is 2.04 bits per heavy atom. The summed E-state index contributed by atoms with van der Waals surface area (Å²) >= 11 is 1.14. The quantitative estimate of drug-likeness (QED) is 0.698. The topological polar surface area (TPSA) is 97.4 Å². The van der Waals surface area contributed by atoms with Crippen LogP contribution in [0.4, 0.5) is 0 Å². The Bertz CT molecular complexity index is 890. The van der Waals surface area contributed by atoms with Crippen LogP contribution < -0.4 is 14.8 Å². The van der Waals surface area contributed by atoms with Gasteiger partial charge >= 0.3 is 0 Å². The van der Waals surface area contributed by atoms with E-state index in [1.54, 1.807) is 24.4 Å². The lowest BCUT2D eigenvalue weighted by Gasteiger charge is -2.15. The highest BCUT2D eigenvalue weighted by atomic mass is 32.2. The number of carbonyl (C=O) groups excluding carboxylic acids is 1. The second kappa shape index (κ2) is 8.81. The van der Waals surface area contributed by atoms with Crippen molar-refractivity contribution in [3.8, 4) is 5.88 Å². The van der Waals surface area contributed by atoms with Crippen LogP contribution >= 0.6 is 11.3 Å². The van der Waals surface area contributed by atoms with Gasteiger partial charge in [-0.2, -0.15) is 0 Å². The van der Waals surface area contributed by atoms with Gasteiger partial charge in [0.05, 0.1) is 6.54 Å². The second-order valence-electron chi connectivity index (χ2n) is 6.45. The zero-order valence-corrected chi connectivity index (χ0v) is 16.7. The van der Waals surface area contributed by atoms with E-state index >= 15 is 0 Å². The molecule has 0 unspecified atom stereocenters. The Balaban J connectivity index is 1.64. The van der Waals surface area contributed by atoms with Gasteiger partial charge in [0.15, 0.2) is 0 Å². The Morgan fingerprint density at radius 1 is 1.26 bits per heavy atom. The van der Waals surface area contributed by atoms with E-state index in [1.165, 1.54) is 6.92 Å². The maximum absolute atomic E-state index is 12.6. The molecule has 27 heavy (non-hydrogen) atoms. The van der Waals surface area contributed by atoms with Crippen LogP contribution in [0.3, 0.4) is 0 Å². The van der Waals surface area contributed by atoms with Crippen molar-refractivity contribution in [3.05, 3.63) is 40.9 Å². The fourth-order valence-corrected chi connectivity index (χ4v) is 5.23. The van der Waals surface area contributed by atoms with Crippen LogP contribution in [0.1, 0.15) is 43.0 Å². The van der Waals surface area contributed by atoms with E-state index in [1.807, 2.05) is 6.07 Å². The lowest BCUT2D eigenvalue weighted by Crippen LogP contribution is -2.23. The standard InChI is InChI=1S/C18H23N3O4S2/c1-13(22)20-12-16-8-9-17(26-16)27(23,24)21-11-14-5-4-10-19-18(14)25-15-6-2-3-7-15/h4-5,8-10,15,21H,2-3,6-7,11-12H2,1H3,(H,20,22). The first-order valence-corrected chi connectivity index (χ1v) is 11.2. The first-order chi connectivity index (χ1) is 12.9. The number of hydrogen-bond acceptors (Lipinski definition) is 6. The third-order valence-electron chi connectivity index (χ3n) is 4.30. The summed E-state index contributed by atoms with van der Waals surface area (Å²) in [6.07, 6.45) is 6.12. The highest BCUT2D eigenvalue weighted by Gasteiger charge is 2.21. The fourth-order valence-electron chi connectivity index (χ4n) is 2.88. The zero-order valence-electron chi connectivity index (χ0n) is 15.1. The van der Waals surface area contributed by atoms with E-state index in [2.05, 4.69) is 15.0 Å². The van der Waals surface area contributed by atoms with Gasteiger partial charge in [0.1, 0.15) is 10.3 Å². The monoisotopic (exact) mass is 409 g/mol. The van der Waals surface area contributed by atoms with Gasteiger partial charge in [-0.25, -0.2) is 18.1 Å². The molecular weight excluding hydrogens is 386 g/mol. The minimum absolute atomic E-state index is 0.108. The Morgan fingerprint density at radius 3 is 2.78 bits per heavy atom. The van der Waals surface area contributed by atoms with Crippen molar-refractivity contribution in [1.82, 2.24) is 15.0 Å². The molecule has 146 valence electrons. The molecule has 1 aliphatic rings. The van der Waals surface area contributed by atoms with Crippen LogP contribution in [0.2, 0.25) is 0 Å². The summed E-state index contributed by atoms with van der Waals surface area (Å²) < 4.78 is 33.9. The summed E-state index contributed by atoms with van der Waals surface area (Å²) in [6, 6.07) is 6.83. The van der Waals surface area contributed by atoms with Crippen molar-refractivity contribution in [2.75, 3.05) is 0 Å². The number of carbonyl (C=O) groups is 1. The Kier molecular flexibility index (Phi) is 6.46. The molecule has 1 saturated carbocycles. The number of amides is 1. The molecule has 9 heteroatoms. The van der Waals surface area contributed by atoms with E-state index in [0.717, 1.165) is 41.9 Å². The van der Waals surface area contributed by atoms with Gasteiger partial charge in [-0.3, -0.25) is 4.79 Å². The van der Waals surface area contributed by atoms with Gasteiger partial charge in [0.2, 0.25) is 21.8 Å². The predicted octanol–water partition coefficient (Wildman–Crippen LogP) is 2.58. The van der Waals surface area contributed by atoms with E-state index in [0.29, 0.717) is 18.0 Å². The van der Waals surface area contributed by atoms with Crippen LogP contribution in [-0.4, -0.2) is 25.4 Å². The Hall–Kier alpha value is -1.97. The number of thiophene rings is 1. The number of nitrogens with one attached hydrogen (secondary N) is 2. The van der Waals surface area contributed by atoms with E-state index < -0.39 is 10.0 Å². The van der Waals surface area contributed by atoms with Gasteiger partial charge in [0.25, 0.3) is 0 Å². The molecule has 2 aromatic heterocycles. The molecule has 0 spiro atoms. The van der Waals surface area contributed by atoms with Crippen molar-refractivity contribution < 1.29 is 17.9 Å². The smallest absolute Gasteiger partial charge is 0.250 e. The molecule has 2 heterocycles. The van der Waals surface area contributed by atoms with E-state index in [4.69, 9.17) is 4.74 Å². The number of hydrogen-bond donors (Lipinski definition) is 2. The van der Waals surface area contributed by atoms with Crippen LogP contribution in [0.25, 0.3) is 0 Å². The average molecular weight is 410 g/mol. The fraction of sp³-hybridized carbons (Fsp3) is 0.444. The minimum atomic E-state index is -3.65. The number of ether oxygens (including phenoxy) is 1. The number of aromatic nitrogens is 1. The summed E-state index contributed by atoms with van der Waals surface area (Å²) in [4.78, 5) is 16.0. The van der Waals surface area contributed by atoms with Crippen LogP contribution in [0.5, 0.6) is 5.88 Å². The van der Waals surface area contributed by atoms with Gasteiger partial charge in [-0.05, 0) is 43.9 Å². The lowest BCUT2D eigenvalue weighted by molar-refractivity contribution is -0.119. The maximum atomic E-state index is 12.6. The highest BCUT2D eigenvalue weighted by molar-refractivity contribution is 7.91. The van der Waals surface area contributed by atoms with Crippen molar-refractivity contribution in [2.45, 2.75) is 56.0 Å². The summed E-state index contributed by atoms with van der Waals surface area (Å²) in [5, 5.41) is 2.66. The molecule has 1 aliphatic carbocycles. The molecule has 0 saturated heterocycles. The van der Waals surface area contributed by atoms with Gasteiger partial charge < -0.3 is 10.1 Å². The summed E-state index contributed by atoms with van der Waals surface area (Å²) in [5.74, 6) is 0.335. The average Bonchev–Trinajstić information content (AvgIpc) is 3.31. The number of sulfonamides is 1. The van der Waals surface area contributed by atoms with Crippen molar-refractivity contribution >= 4 is 27.3 Å². The molecule has 1 fully saturated rings. The van der Waals surface area contributed by atoms with Gasteiger partial charge in [0, 0.05) is 30.1 Å². The largest absolute Gasteiger partial charge is 0.474 e. The molecule has 1 amide bonds. The molecule has 0 atom stereocenters. The molecule has 7 nitrogen and oxygen atoms in total. The first kappa shape index (κ1) is 19.8. The highest BCUT2D eigenvalue weighted by Crippen LogP contribution is 2.26.